The van der Waals surface area contributed by atoms with E-state index >= 15 is 0 Å². The molecule has 0 radical (unpaired) electrons. The molecule has 0 bridgehead atoms. The van der Waals surface area contributed by atoms with E-state index in [2.05, 4.69) is 36.2 Å². The minimum atomic E-state index is -0.283. The average Bonchev–Trinajstić information content (AvgIpc) is 3.07. The molecule has 0 spiro atoms. The first-order chi connectivity index (χ1) is 12.6. The van der Waals surface area contributed by atoms with Crippen molar-refractivity contribution in [3.63, 3.8) is 0 Å². The number of pyridine rings is 2. The zero-order valence-corrected chi connectivity index (χ0v) is 15.5. The maximum Gasteiger partial charge on any atom is 0.257 e. The Morgan fingerprint density at radius 2 is 2.00 bits per heavy atom. The number of halogens is 2. The molecule has 1 aromatic carbocycles. The molecule has 0 fully saturated rings. The molecule has 1 amide bonds. The molecule has 0 unspecified atom stereocenters. The molecule has 6 nitrogen and oxygen atoms in total. The maximum atomic E-state index is 12.4. The van der Waals surface area contributed by atoms with E-state index in [1.165, 1.54) is 6.20 Å². The molecule has 0 aliphatic rings. The molecule has 8 heteroatoms. The van der Waals surface area contributed by atoms with Crippen molar-refractivity contribution >= 4 is 50.2 Å². The number of rotatable bonds is 3. The van der Waals surface area contributed by atoms with Crippen molar-refractivity contribution in [3.05, 3.63) is 70.2 Å². The molecule has 3 aromatic heterocycles. The predicted molar refractivity (Wildman–Crippen MR) is 102 cm³/mol. The average molecular weight is 430 g/mol. The second kappa shape index (κ2) is 6.86. The molecule has 26 heavy (non-hydrogen) atoms. The van der Waals surface area contributed by atoms with Gasteiger partial charge in [-0.05, 0) is 40.2 Å². The lowest BCUT2D eigenvalue weighted by atomic mass is 10.2. The lowest BCUT2D eigenvalue weighted by molar-refractivity contribution is 0.102. The van der Waals surface area contributed by atoms with E-state index in [4.69, 9.17) is 16.0 Å². The minimum Gasteiger partial charge on any atom is -0.436 e. The molecule has 0 aliphatic carbocycles. The van der Waals surface area contributed by atoms with Gasteiger partial charge in [0.2, 0.25) is 5.89 Å². The number of oxazole rings is 1. The maximum absolute atomic E-state index is 12.4. The van der Waals surface area contributed by atoms with Crippen LogP contribution < -0.4 is 5.32 Å². The van der Waals surface area contributed by atoms with Gasteiger partial charge in [-0.25, -0.2) is 4.98 Å². The quantitative estimate of drug-likeness (QED) is 0.498. The summed E-state index contributed by atoms with van der Waals surface area (Å²) < 4.78 is 6.45. The van der Waals surface area contributed by atoms with Crippen molar-refractivity contribution in [2.45, 2.75) is 0 Å². The first-order valence-electron chi connectivity index (χ1n) is 7.52. The number of fused-ring (bicyclic) bond motifs is 1. The van der Waals surface area contributed by atoms with Crippen LogP contribution in [0.15, 0.2) is 64.0 Å². The molecule has 1 N–H and O–H groups in total. The van der Waals surface area contributed by atoms with E-state index in [0.29, 0.717) is 38.8 Å². The molecule has 0 saturated carbocycles. The largest absolute Gasteiger partial charge is 0.436 e. The van der Waals surface area contributed by atoms with Gasteiger partial charge in [0.25, 0.3) is 5.91 Å². The molecular weight excluding hydrogens is 420 g/mol. The smallest absolute Gasteiger partial charge is 0.257 e. The normalized spacial score (nSPS) is 10.8. The van der Waals surface area contributed by atoms with E-state index in [9.17, 15) is 4.79 Å². The Bertz CT molecular complexity index is 1100. The van der Waals surface area contributed by atoms with Crippen LogP contribution in [-0.4, -0.2) is 20.9 Å². The number of hydrogen-bond donors (Lipinski definition) is 1. The summed E-state index contributed by atoms with van der Waals surface area (Å²) in [6.45, 7) is 0. The van der Waals surface area contributed by atoms with Crippen LogP contribution in [-0.2, 0) is 0 Å². The number of amides is 1. The number of nitrogens with zero attached hydrogens (tertiary/aromatic N) is 3. The van der Waals surface area contributed by atoms with Crippen molar-refractivity contribution < 1.29 is 9.21 Å². The van der Waals surface area contributed by atoms with Crippen LogP contribution in [0.25, 0.3) is 22.6 Å². The highest BCUT2D eigenvalue weighted by Crippen LogP contribution is 2.32. The highest BCUT2D eigenvalue weighted by Gasteiger charge is 2.14. The number of carbonyl (C=O) groups excluding carboxylic acids is 1. The number of hydrogen-bond acceptors (Lipinski definition) is 5. The minimum absolute atomic E-state index is 0.283. The Balaban J connectivity index is 1.67. The number of benzene rings is 1. The van der Waals surface area contributed by atoms with Gasteiger partial charge in [-0.2, -0.15) is 0 Å². The molecule has 3 heterocycles. The third kappa shape index (κ3) is 3.31. The fraction of sp³-hybridized carbons (Fsp3) is 0. The van der Waals surface area contributed by atoms with Gasteiger partial charge < -0.3 is 9.73 Å². The lowest BCUT2D eigenvalue weighted by Gasteiger charge is -2.07. The van der Waals surface area contributed by atoms with Crippen LogP contribution >= 0.6 is 27.5 Å². The number of aromatic nitrogens is 3. The van der Waals surface area contributed by atoms with Crippen molar-refractivity contribution in [2.75, 3.05) is 5.32 Å². The summed E-state index contributed by atoms with van der Waals surface area (Å²) >= 11 is 9.59. The topological polar surface area (TPSA) is 80.9 Å². The van der Waals surface area contributed by atoms with Crippen molar-refractivity contribution in [2.24, 2.45) is 0 Å². The molecule has 4 aromatic rings. The Hall–Kier alpha value is -2.77. The van der Waals surface area contributed by atoms with Crippen LogP contribution in [0, 0.1) is 0 Å². The van der Waals surface area contributed by atoms with E-state index in [1.807, 2.05) is 0 Å². The van der Waals surface area contributed by atoms with Gasteiger partial charge in [-0.3, -0.25) is 14.8 Å². The van der Waals surface area contributed by atoms with E-state index in [0.717, 1.165) is 4.47 Å². The van der Waals surface area contributed by atoms with Crippen molar-refractivity contribution in [1.29, 1.82) is 0 Å². The molecule has 0 atom stereocenters. The van der Waals surface area contributed by atoms with Crippen LogP contribution in [0.2, 0.25) is 5.02 Å². The highest BCUT2D eigenvalue weighted by atomic mass is 79.9. The zero-order valence-electron chi connectivity index (χ0n) is 13.1. The first kappa shape index (κ1) is 16.7. The Labute approximate surface area is 161 Å². The van der Waals surface area contributed by atoms with Crippen LogP contribution in [0.1, 0.15) is 10.4 Å². The lowest BCUT2D eigenvalue weighted by Crippen LogP contribution is -2.12. The summed E-state index contributed by atoms with van der Waals surface area (Å²) in [5.41, 5.74) is 2.82. The molecule has 0 aliphatic heterocycles. The fourth-order valence-corrected chi connectivity index (χ4v) is 2.96. The Morgan fingerprint density at radius 1 is 1.12 bits per heavy atom. The Morgan fingerprint density at radius 3 is 2.81 bits per heavy atom. The monoisotopic (exact) mass is 428 g/mol. The zero-order chi connectivity index (χ0) is 18.1. The van der Waals surface area contributed by atoms with E-state index in [-0.39, 0.29) is 5.91 Å². The van der Waals surface area contributed by atoms with Gasteiger partial charge >= 0.3 is 0 Å². The highest BCUT2D eigenvalue weighted by molar-refractivity contribution is 9.10. The van der Waals surface area contributed by atoms with Gasteiger partial charge in [0, 0.05) is 34.8 Å². The van der Waals surface area contributed by atoms with Gasteiger partial charge in [0.05, 0.1) is 22.3 Å². The summed E-state index contributed by atoms with van der Waals surface area (Å²) in [5.74, 6) is 0.0760. The third-order valence-electron chi connectivity index (χ3n) is 3.61. The summed E-state index contributed by atoms with van der Waals surface area (Å²) in [5, 5.41) is 3.28. The second-order valence-electron chi connectivity index (χ2n) is 5.40. The third-order valence-corrected chi connectivity index (χ3v) is 4.37. The van der Waals surface area contributed by atoms with Gasteiger partial charge in [0.15, 0.2) is 5.58 Å². The number of anilines is 1. The first-order valence-corrected chi connectivity index (χ1v) is 8.69. The molecule has 0 saturated heterocycles. The summed E-state index contributed by atoms with van der Waals surface area (Å²) in [4.78, 5) is 24.8. The SMILES string of the molecule is O=C(Nc1ccc(Cl)c(-c2nc3cnccc3o2)c1)c1cncc(Br)c1. The molecule has 128 valence electrons. The van der Waals surface area contributed by atoms with Crippen LogP contribution in [0.5, 0.6) is 0 Å². The standard InChI is InChI=1S/C18H10BrClN4O2/c19-11-5-10(7-22-8-11)17(25)23-12-1-2-14(20)13(6-12)18-24-15-9-21-4-3-16(15)26-18/h1-9H,(H,23,25). The molecular formula is C18H10BrClN4O2. The van der Waals surface area contributed by atoms with E-state index in [1.54, 1.807) is 48.9 Å². The predicted octanol–water partition coefficient (Wildman–Crippen LogP) is 4.95. The number of carbonyl (C=O) groups is 1. The van der Waals surface area contributed by atoms with E-state index < -0.39 is 0 Å². The van der Waals surface area contributed by atoms with Crippen molar-refractivity contribution in [1.82, 2.24) is 15.0 Å². The second-order valence-corrected chi connectivity index (χ2v) is 6.73. The summed E-state index contributed by atoms with van der Waals surface area (Å²) in [7, 11) is 0. The van der Waals surface area contributed by atoms with Gasteiger partial charge in [-0.1, -0.05) is 11.6 Å². The Kier molecular flexibility index (Phi) is 4.40. The van der Waals surface area contributed by atoms with Gasteiger partial charge in [0.1, 0.15) is 5.52 Å². The summed E-state index contributed by atoms with van der Waals surface area (Å²) in [6.07, 6.45) is 6.34. The number of nitrogens with one attached hydrogen (secondary N) is 1. The van der Waals surface area contributed by atoms with Crippen molar-refractivity contribution in [3.8, 4) is 11.5 Å². The van der Waals surface area contributed by atoms with Crippen LogP contribution in [0.4, 0.5) is 5.69 Å². The molecule has 4 rings (SSSR count). The summed E-state index contributed by atoms with van der Waals surface area (Å²) in [6, 6.07) is 8.51. The van der Waals surface area contributed by atoms with Gasteiger partial charge in [-0.15, -0.1) is 0 Å². The van der Waals surface area contributed by atoms with Crippen LogP contribution in [0.3, 0.4) is 0 Å². The fourth-order valence-electron chi connectivity index (χ4n) is 2.40.